The average molecular weight is 185 g/mol. The van der Waals surface area contributed by atoms with E-state index in [2.05, 4.69) is 4.98 Å². The molecule has 2 rings (SSSR count). The monoisotopic (exact) mass is 185 g/mol. The largest absolute Gasteiger partial charge is 0.295 e. The van der Waals surface area contributed by atoms with Crippen LogP contribution < -0.4 is 0 Å². The number of fused-ring (bicyclic) bond motifs is 1. The number of carbonyl (C=O) groups excluding carboxylic acids is 1. The summed E-state index contributed by atoms with van der Waals surface area (Å²) in [7, 11) is 0. The second kappa shape index (κ2) is 3.22. The number of aromatic nitrogens is 1. The molecule has 0 spiro atoms. The van der Waals surface area contributed by atoms with Crippen LogP contribution in [0.3, 0.4) is 0 Å². The van der Waals surface area contributed by atoms with E-state index < -0.39 is 0 Å². The predicted molar refractivity (Wildman–Crippen MR) is 56.5 cm³/mol. The third-order valence-electron chi connectivity index (χ3n) is 2.37. The van der Waals surface area contributed by atoms with E-state index in [0.717, 1.165) is 22.0 Å². The van der Waals surface area contributed by atoms with Gasteiger partial charge in [0, 0.05) is 17.1 Å². The van der Waals surface area contributed by atoms with Crippen LogP contribution in [0.5, 0.6) is 0 Å². The van der Waals surface area contributed by atoms with Gasteiger partial charge in [-0.05, 0) is 43.7 Å². The molecule has 0 saturated carbocycles. The fourth-order valence-corrected chi connectivity index (χ4v) is 1.50. The smallest absolute Gasteiger partial charge is 0.159 e. The van der Waals surface area contributed by atoms with Crippen LogP contribution in [0.15, 0.2) is 30.5 Å². The minimum Gasteiger partial charge on any atom is -0.295 e. The van der Waals surface area contributed by atoms with Crippen LogP contribution in [0.25, 0.3) is 10.9 Å². The van der Waals surface area contributed by atoms with E-state index in [1.807, 2.05) is 31.2 Å². The highest BCUT2D eigenvalue weighted by Crippen LogP contribution is 2.17. The Morgan fingerprint density at radius 2 is 2.07 bits per heavy atom. The molecule has 0 bridgehead atoms. The minimum atomic E-state index is 0.0927. The summed E-state index contributed by atoms with van der Waals surface area (Å²) in [6.07, 6.45) is 1.78. The molecule has 0 aliphatic rings. The molecule has 2 aromatic rings. The van der Waals surface area contributed by atoms with E-state index in [4.69, 9.17) is 0 Å². The van der Waals surface area contributed by atoms with Gasteiger partial charge in [0.2, 0.25) is 0 Å². The van der Waals surface area contributed by atoms with Crippen molar-refractivity contribution in [3.8, 4) is 0 Å². The van der Waals surface area contributed by atoms with Gasteiger partial charge in [0.15, 0.2) is 5.78 Å². The van der Waals surface area contributed by atoms with Gasteiger partial charge in [0.05, 0.1) is 5.52 Å². The Hall–Kier alpha value is -1.70. The summed E-state index contributed by atoms with van der Waals surface area (Å²) in [5.74, 6) is 0.0927. The van der Waals surface area contributed by atoms with Crippen LogP contribution in [0, 0.1) is 6.92 Å². The third kappa shape index (κ3) is 1.39. The molecule has 0 aliphatic carbocycles. The van der Waals surface area contributed by atoms with Gasteiger partial charge in [-0.25, -0.2) is 0 Å². The number of benzene rings is 1. The average Bonchev–Trinajstić information content (AvgIpc) is 2.18. The molecule has 0 unspecified atom stereocenters. The summed E-state index contributed by atoms with van der Waals surface area (Å²) < 4.78 is 0. The fourth-order valence-electron chi connectivity index (χ4n) is 1.50. The Balaban J connectivity index is 2.76. The zero-order valence-electron chi connectivity index (χ0n) is 8.24. The minimum absolute atomic E-state index is 0.0927. The lowest BCUT2D eigenvalue weighted by atomic mass is 10.1. The molecule has 0 amide bonds. The number of aryl methyl sites for hydroxylation is 1. The quantitative estimate of drug-likeness (QED) is 0.639. The van der Waals surface area contributed by atoms with Crippen molar-refractivity contribution in [2.45, 2.75) is 13.8 Å². The summed E-state index contributed by atoms with van der Waals surface area (Å²) in [5, 5.41) is 1.06. The standard InChI is InChI=1S/C12H11NO/c1-8-5-6-13-12-4-3-10(9(2)14)7-11(8)12/h3-7H,1-2H3. The van der Waals surface area contributed by atoms with Gasteiger partial charge in [-0.15, -0.1) is 0 Å². The lowest BCUT2D eigenvalue weighted by Crippen LogP contribution is -1.92. The van der Waals surface area contributed by atoms with Crippen LogP contribution in [-0.2, 0) is 0 Å². The van der Waals surface area contributed by atoms with Crippen molar-refractivity contribution in [3.05, 3.63) is 41.6 Å². The van der Waals surface area contributed by atoms with E-state index in [1.165, 1.54) is 0 Å². The van der Waals surface area contributed by atoms with Gasteiger partial charge in [-0.2, -0.15) is 0 Å². The van der Waals surface area contributed by atoms with Gasteiger partial charge in [-0.3, -0.25) is 9.78 Å². The molecular weight excluding hydrogens is 174 g/mol. The number of hydrogen-bond donors (Lipinski definition) is 0. The zero-order chi connectivity index (χ0) is 10.1. The molecule has 70 valence electrons. The molecule has 1 heterocycles. The van der Waals surface area contributed by atoms with E-state index in [0.29, 0.717) is 0 Å². The van der Waals surface area contributed by atoms with Gasteiger partial charge < -0.3 is 0 Å². The first-order valence-corrected chi connectivity index (χ1v) is 4.55. The summed E-state index contributed by atoms with van der Waals surface area (Å²) in [4.78, 5) is 15.4. The molecular formula is C12H11NO. The third-order valence-corrected chi connectivity index (χ3v) is 2.37. The molecule has 0 radical (unpaired) electrons. The predicted octanol–water partition coefficient (Wildman–Crippen LogP) is 2.75. The first-order valence-electron chi connectivity index (χ1n) is 4.55. The molecule has 0 saturated heterocycles. The number of Topliss-reactive ketones (excluding diaryl/α,β-unsaturated/α-hetero) is 1. The Bertz CT molecular complexity index is 503. The Morgan fingerprint density at radius 1 is 1.29 bits per heavy atom. The molecule has 0 atom stereocenters. The summed E-state index contributed by atoms with van der Waals surface area (Å²) in [6, 6.07) is 7.56. The molecule has 14 heavy (non-hydrogen) atoms. The Labute approximate surface area is 82.6 Å². The lowest BCUT2D eigenvalue weighted by molar-refractivity contribution is 0.101. The van der Waals surface area contributed by atoms with Gasteiger partial charge in [0.1, 0.15) is 0 Å². The maximum absolute atomic E-state index is 11.2. The molecule has 2 nitrogen and oxygen atoms in total. The van der Waals surface area contributed by atoms with Crippen LogP contribution in [0.4, 0.5) is 0 Å². The second-order valence-electron chi connectivity index (χ2n) is 3.42. The van der Waals surface area contributed by atoms with Crippen molar-refractivity contribution >= 4 is 16.7 Å². The molecule has 0 fully saturated rings. The molecule has 1 aromatic carbocycles. The maximum Gasteiger partial charge on any atom is 0.159 e. The number of nitrogens with zero attached hydrogens (tertiary/aromatic N) is 1. The zero-order valence-corrected chi connectivity index (χ0v) is 8.24. The highest BCUT2D eigenvalue weighted by atomic mass is 16.1. The van der Waals surface area contributed by atoms with Gasteiger partial charge in [0.25, 0.3) is 0 Å². The normalized spacial score (nSPS) is 10.4. The number of pyridine rings is 1. The Morgan fingerprint density at radius 3 is 2.79 bits per heavy atom. The molecule has 1 aromatic heterocycles. The summed E-state index contributed by atoms with van der Waals surface area (Å²) in [6.45, 7) is 3.60. The number of hydrogen-bond acceptors (Lipinski definition) is 2. The molecule has 2 heteroatoms. The summed E-state index contributed by atoms with van der Waals surface area (Å²) >= 11 is 0. The Kier molecular flexibility index (Phi) is 2.04. The van der Waals surface area contributed by atoms with Crippen molar-refractivity contribution in [2.75, 3.05) is 0 Å². The van der Waals surface area contributed by atoms with Crippen molar-refractivity contribution in [3.63, 3.8) is 0 Å². The van der Waals surface area contributed by atoms with Crippen LogP contribution in [-0.4, -0.2) is 10.8 Å². The van der Waals surface area contributed by atoms with Crippen LogP contribution in [0.1, 0.15) is 22.8 Å². The first kappa shape index (κ1) is 8.88. The van der Waals surface area contributed by atoms with Crippen molar-refractivity contribution < 1.29 is 4.79 Å². The topological polar surface area (TPSA) is 30.0 Å². The lowest BCUT2D eigenvalue weighted by Gasteiger charge is -2.02. The van der Waals surface area contributed by atoms with Gasteiger partial charge in [-0.1, -0.05) is 0 Å². The van der Waals surface area contributed by atoms with E-state index >= 15 is 0 Å². The fraction of sp³-hybridized carbons (Fsp3) is 0.167. The van der Waals surface area contributed by atoms with Crippen molar-refractivity contribution in [1.29, 1.82) is 0 Å². The highest BCUT2D eigenvalue weighted by Gasteiger charge is 2.02. The number of ketones is 1. The molecule has 0 N–H and O–H groups in total. The second-order valence-corrected chi connectivity index (χ2v) is 3.42. The van der Waals surface area contributed by atoms with Crippen molar-refractivity contribution in [1.82, 2.24) is 4.98 Å². The number of carbonyl (C=O) groups is 1. The van der Waals surface area contributed by atoms with Crippen LogP contribution >= 0.6 is 0 Å². The maximum atomic E-state index is 11.2. The van der Waals surface area contributed by atoms with Gasteiger partial charge >= 0.3 is 0 Å². The number of rotatable bonds is 1. The highest BCUT2D eigenvalue weighted by molar-refractivity contribution is 5.98. The molecule has 0 aliphatic heterocycles. The van der Waals surface area contributed by atoms with E-state index in [9.17, 15) is 4.79 Å². The van der Waals surface area contributed by atoms with E-state index in [-0.39, 0.29) is 5.78 Å². The summed E-state index contributed by atoms with van der Waals surface area (Å²) in [5.41, 5.74) is 2.83. The van der Waals surface area contributed by atoms with Crippen LogP contribution in [0.2, 0.25) is 0 Å². The SMILES string of the molecule is CC(=O)c1ccc2nccc(C)c2c1. The van der Waals surface area contributed by atoms with Crippen molar-refractivity contribution in [2.24, 2.45) is 0 Å². The first-order chi connectivity index (χ1) is 6.68. The van der Waals surface area contributed by atoms with E-state index in [1.54, 1.807) is 13.1 Å².